The minimum absolute atomic E-state index is 0.00175. The fraction of sp³-hybridized carbons (Fsp3) is 0.625. The van der Waals surface area contributed by atoms with Gasteiger partial charge in [0.2, 0.25) is 17.7 Å². The zero-order valence-electron chi connectivity index (χ0n) is 18.5. The zero-order chi connectivity index (χ0) is 21.6. The number of nitrogens with one attached hydrogen (secondary N) is 1. The maximum absolute atomic E-state index is 13.8. The van der Waals surface area contributed by atoms with Crippen molar-refractivity contribution in [3.05, 3.63) is 35.4 Å². The van der Waals surface area contributed by atoms with Gasteiger partial charge in [0.05, 0.1) is 11.8 Å². The Morgan fingerprint density at radius 1 is 1.13 bits per heavy atom. The molecule has 1 aromatic carbocycles. The van der Waals surface area contributed by atoms with Crippen molar-refractivity contribution in [2.24, 2.45) is 17.8 Å². The van der Waals surface area contributed by atoms with Crippen molar-refractivity contribution in [2.45, 2.75) is 58.5 Å². The van der Waals surface area contributed by atoms with Crippen LogP contribution in [-0.2, 0) is 14.4 Å². The van der Waals surface area contributed by atoms with Gasteiger partial charge in [-0.05, 0) is 44.6 Å². The Kier molecular flexibility index (Phi) is 5.47. The molecule has 1 aromatic rings. The summed E-state index contributed by atoms with van der Waals surface area (Å²) in [5.74, 6) is -0.966. The number of aryl methyl sites for hydroxylation is 1. The van der Waals surface area contributed by atoms with E-state index >= 15 is 0 Å². The van der Waals surface area contributed by atoms with Crippen molar-refractivity contribution in [2.75, 3.05) is 19.6 Å². The standard InChI is InChI=1S/C24H33N3O3/c1-5-27-21(28)18-19(22(27)29)24(25-20(18)17-9-7-16(4)8-10-17)12-6-13-26(23(24)30)14-11-15(2)3/h7-10,15,18-20,25H,5-6,11-14H2,1-4H3/t18-,19-,20-,24-/m1/s1. The Morgan fingerprint density at radius 2 is 1.83 bits per heavy atom. The Bertz CT molecular complexity index is 850. The first-order valence-electron chi connectivity index (χ1n) is 11.3. The Labute approximate surface area is 179 Å². The molecule has 0 bridgehead atoms. The van der Waals surface area contributed by atoms with E-state index < -0.39 is 17.4 Å². The third-order valence-electron chi connectivity index (χ3n) is 7.14. The van der Waals surface area contributed by atoms with Crippen LogP contribution < -0.4 is 5.32 Å². The predicted octanol–water partition coefficient (Wildman–Crippen LogP) is 2.67. The lowest BCUT2D eigenvalue weighted by Gasteiger charge is -2.42. The molecule has 3 aliphatic heterocycles. The Morgan fingerprint density at radius 3 is 2.47 bits per heavy atom. The van der Waals surface area contributed by atoms with E-state index in [0.717, 1.165) is 30.5 Å². The summed E-state index contributed by atoms with van der Waals surface area (Å²) in [6.07, 6.45) is 2.38. The van der Waals surface area contributed by atoms with Crippen LogP contribution in [0.4, 0.5) is 0 Å². The largest absolute Gasteiger partial charge is 0.341 e. The van der Waals surface area contributed by atoms with E-state index in [1.165, 1.54) is 4.90 Å². The van der Waals surface area contributed by atoms with Crippen molar-refractivity contribution >= 4 is 17.7 Å². The predicted molar refractivity (Wildman–Crippen MR) is 114 cm³/mol. The van der Waals surface area contributed by atoms with Gasteiger partial charge < -0.3 is 4.90 Å². The van der Waals surface area contributed by atoms with Gasteiger partial charge >= 0.3 is 0 Å². The molecule has 162 valence electrons. The molecule has 0 aliphatic carbocycles. The van der Waals surface area contributed by atoms with Crippen LogP contribution in [0.25, 0.3) is 0 Å². The quantitative estimate of drug-likeness (QED) is 0.757. The number of hydrogen-bond acceptors (Lipinski definition) is 4. The molecule has 3 amide bonds. The highest BCUT2D eigenvalue weighted by Gasteiger charge is 2.68. The Balaban J connectivity index is 1.74. The van der Waals surface area contributed by atoms with Gasteiger partial charge in [-0.3, -0.25) is 24.6 Å². The highest BCUT2D eigenvalue weighted by molar-refractivity contribution is 6.10. The van der Waals surface area contributed by atoms with Crippen LogP contribution in [0.15, 0.2) is 24.3 Å². The number of nitrogens with zero attached hydrogens (tertiary/aromatic N) is 2. The summed E-state index contributed by atoms with van der Waals surface area (Å²) in [6, 6.07) is 7.75. The number of piperidine rings is 1. The minimum Gasteiger partial charge on any atom is -0.341 e. The van der Waals surface area contributed by atoms with Crippen LogP contribution in [-0.4, -0.2) is 52.7 Å². The normalized spacial score (nSPS) is 31.4. The molecule has 0 unspecified atom stereocenters. The number of carbonyl (C=O) groups is 3. The van der Waals surface area contributed by atoms with E-state index in [1.54, 1.807) is 0 Å². The van der Waals surface area contributed by atoms with E-state index in [-0.39, 0.29) is 23.8 Å². The smallest absolute Gasteiger partial charge is 0.243 e. The molecule has 1 spiro atoms. The molecule has 6 heteroatoms. The van der Waals surface area contributed by atoms with Crippen molar-refractivity contribution in [3.63, 3.8) is 0 Å². The third kappa shape index (κ3) is 3.16. The fourth-order valence-electron chi connectivity index (χ4n) is 5.53. The van der Waals surface area contributed by atoms with Crippen LogP contribution >= 0.6 is 0 Å². The average Bonchev–Trinajstić information content (AvgIpc) is 3.18. The first-order valence-corrected chi connectivity index (χ1v) is 11.3. The van der Waals surface area contributed by atoms with E-state index in [2.05, 4.69) is 19.2 Å². The molecule has 4 atom stereocenters. The summed E-state index contributed by atoms with van der Waals surface area (Å²) in [4.78, 5) is 43.6. The molecule has 0 saturated carbocycles. The third-order valence-corrected chi connectivity index (χ3v) is 7.14. The van der Waals surface area contributed by atoms with Crippen molar-refractivity contribution in [3.8, 4) is 0 Å². The minimum atomic E-state index is -0.980. The topological polar surface area (TPSA) is 69.7 Å². The monoisotopic (exact) mass is 411 g/mol. The van der Waals surface area contributed by atoms with Crippen molar-refractivity contribution < 1.29 is 14.4 Å². The first kappa shape index (κ1) is 21.0. The van der Waals surface area contributed by atoms with Gasteiger partial charge in [-0.25, -0.2) is 0 Å². The summed E-state index contributed by atoms with van der Waals surface area (Å²) in [7, 11) is 0. The summed E-state index contributed by atoms with van der Waals surface area (Å²) in [5, 5.41) is 3.56. The van der Waals surface area contributed by atoms with E-state index in [0.29, 0.717) is 25.4 Å². The van der Waals surface area contributed by atoms with Crippen molar-refractivity contribution in [1.29, 1.82) is 0 Å². The molecule has 6 nitrogen and oxygen atoms in total. The van der Waals surface area contributed by atoms with E-state index in [4.69, 9.17) is 0 Å². The zero-order valence-corrected chi connectivity index (χ0v) is 18.5. The van der Waals surface area contributed by atoms with Crippen LogP contribution in [0.2, 0.25) is 0 Å². The lowest BCUT2D eigenvalue weighted by atomic mass is 9.74. The molecule has 1 N–H and O–H groups in total. The maximum Gasteiger partial charge on any atom is 0.243 e. The van der Waals surface area contributed by atoms with Gasteiger partial charge in [0, 0.05) is 25.7 Å². The molecular formula is C24H33N3O3. The van der Waals surface area contributed by atoms with Crippen LogP contribution in [0, 0.1) is 24.7 Å². The van der Waals surface area contributed by atoms with Crippen LogP contribution in [0.3, 0.4) is 0 Å². The molecule has 3 saturated heterocycles. The second kappa shape index (κ2) is 7.80. The lowest BCUT2D eigenvalue weighted by molar-refractivity contribution is -0.149. The summed E-state index contributed by atoms with van der Waals surface area (Å²) in [5.41, 5.74) is 1.13. The number of imide groups is 1. The summed E-state index contributed by atoms with van der Waals surface area (Å²) in [6.45, 7) is 9.94. The number of hydrogen-bond donors (Lipinski definition) is 1. The van der Waals surface area contributed by atoms with Gasteiger partial charge in [0.25, 0.3) is 0 Å². The number of carbonyl (C=O) groups excluding carboxylic acids is 3. The van der Waals surface area contributed by atoms with Crippen molar-refractivity contribution in [1.82, 2.24) is 15.1 Å². The lowest BCUT2D eigenvalue weighted by Crippen LogP contribution is -2.63. The molecule has 4 rings (SSSR count). The average molecular weight is 412 g/mol. The van der Waals surface area contributed by atoms with Gasteiger partial charge in [-0.15, -0.1) is 0 Å². The highest BCUT2D eigenvalue weighted by atomic mass is 16.2. The van der Waals surface area contributed by atoms with Crippen LogP contribution in [0.1, 0.15) is 57.2 Å². The van der Waals surface area contributed by atoms with Gasteiger partial charge in [-0.1, -0.05) is 43.7 Å². The second-order valence-electron chi connectivity index (χ2n) is 9.51. The fourth-order valence-corrected chi connectivity index (χ4v) is 5.53. The van der Waals surface area contributed by atoms with Gasteiger partial charge in [0.1, 0.15) is 5.54 Å². The molecule has 3 aliphatic rings. The SMILES string of the molecule is CCN1C(=O)[C@H]2[C@@H](c3ccc(C)cc3)N[C@]3(CCCN(CCC(C)C)C3=O)[C@H]2C1=O. The summed E-state index contributed by atoms with van der Waals surface area (Å²) < 4.78 is 0. The number of benzene rings is 1. The van der Waals surface area contributed by atoms with Crippen LogP contribution in [0.5, 0.6) is 0 Å². The number of amides is 3. The molecule has 30 heavy (non-hydrogen) atoms. The molecule has 0 aromatic heterocycles. The molecule has 0 radical (unpaired) electrons. The second-order valence-corrected chi connectivity index (χ2v) is 9.51. The highest BCUT2D eigenvalue weighted by Crippen LogP contribution is 2.51. The van der Waals surface area contributed by atoms with Gasteiger partial charge in [-0.2, -0.15) is 0 Å². The van der Waals surface area contributed by atoms with E-state index in [1.807, 2.05) is 43.0 Å². The van der Waals surface area contributed by atoms with Gasteiger partial charge in [0.15, 0.2) is 0 Å². The first-order chi connectivity index (χ1) is 14.3. The Hall–Kier alpha value is -2.21. The van der Waals surface area contributed by atoms with E-state index in [9.17, 15) is 14.4 Å². The maximum atomic E-state index is 13.8. The number of likely N-dealkylation sites (tertiary alicyclic amines) is 2. The number of rotatable bonds is 5. The molecule has 3 heterocycles. The molecular weight excluding hydrogens is 378 g/mol. The summed E-state index contributed by atoms with van der Waals surface area (Å²) >= 11 is 0. The molecule has 3 fully saturated rings. The number of fused-ring (bicyclic) bond motifs is 2.